The Morgan fingerprint density at radius 2 is 2.00 bits per heavy atom. The summed E-state index contributed by atoms with van der Waals surface area (Å²) in [4.78, 5) is 12.2. The molecule has 4 aliphatic rings. The van der Waals surface area contributed by atoms with Crippen LogP contribution in [0.5, 0.6) is 0 Å². The maximum atomic E-state index is 12.2. The molecule has 4 atom stereocenters. The van der Waals surface area contributed by atoms with Gasteiger partial charge in [0.05, 0.1) is 12.0 Å². The highest BCUT2D eigenvalue weighted by Crippen LogP contribution is 2.54. The summed E-state index contributed by atoms with van der Waals surface area (Å²) in [6, 6.07) is 0. The first-order valence-corrected chi connectivity index (χ1v) is 8.02. The highest BCUT2D eigenvalue weighted by atomic mass is 16.3. The van der Waals surface area contributed by atoms with Gasteiger partial charge in [-0.25, -0.2) is 0 Å². The van der Waals surface area contributed by atoms with E-state index in [2.05, 4.69) is 12.2 Å². The molecule has 106 valence electrons. The molecule has 1 saturated carbocycles. The molecule has 2 heteroatoms. The number of hydrogen-bond acceptors (Lipinski definition) is 2. The largest absolute Gasteiger partial charge is 0.395 e. The van der Waals surface area contributed by atoms with Gasteiger partial charge in [-0.1, -0.05) is 31.1 Å². The maximum absolute atomic E-state index is 12.2. The SMILES string of the molecule is O=C1C=CC2=C3C=CC4CCCC[C@@H]4[C@H]3CC[C@]12CO. The van der Waals surface area contributed by atoms with Crippen LogP contribution >= 0.6 is 0 Å². The molecular formula is C18H22O2. The van der Waals surface area contributed by atoms with Crippen LogP contribution in [-0.2, 0) is 4.79 Å². The Kier molecular flexibility index (Phi) is 2.78. The van der Waals surface area contributed by atoms with Gasteiger partial charge in [-0.05, 0) is 60.7 Å². The molecule has 2 nitrogen and oxygen atoms in total. The zero-order chi connectivity index (χ0) is 13.7. The average Bonchev–Trinajstić information content (AvgIpc) is 2.85. The Balaban J connectivity index is 1.81. The van der Waals surface area contributed by atoms with Gasteiger partial charge in [0.2, 0.25) is 0 Å². The molecule has 1 unspecified atom stereocenters. The average molecular weight is 270 g/mol. The molecule has 0 spiro atoms. The number of hydrogen-bond donors (Lipinski definition) is 1. The van der Waals surface area contributed by atoms with Crippen LogP contribution in [0.3, 0.4) is 0 Å². The second-order valence-corrected chi connectivity index (χ2v) is 6.92. The van der Waals surface area contributed by atoms with E-state index < -0.39 is 5.41 Å². The second-order valence-electron chi connectivity index (χ2n) is 6.92. The molecule has 0 radical (unpaired) electrons. The lowest BCUT2D eigenvalue weighted by Crippen LogP contribution is -2.41. The van der Waals surface area contributed by atoms with E-state index in [4.69, 9.17) is 0 Å². The van der Waals surface area contributed by atoms with Crippen LogP contribution < -0.4 is 0 Å². The topological polar surface area (TPSA) is 37.3 Å². The van der Waals surface area contributed by atoms with Crippen LogP contribution in [0.15, 0.2) is 35.5 Å². The number of fused-ring (bicyclic) bond motifs is 4. The molecule has 0 aromatic carbocycles. The summed E-state index contributed by atoms with van der Waals surface area (Å²) < 4.78 is 0. The number of rotatable bonds is 1. The monoisotopic (exact) mass is 270 g/mol. The van der Waals surface area contributed by atoms with Crippen LogP contribution in [0.25, 0.3) is 0 Å². The molecule has 0 saturated heterocycles. The maximum Gasteiger partial charge on any atom is 0.168 e. The second kappa shape index (κ2) is 4.42. The minimum Gasteiger partial charge on any atom is -0.395 e. The number of aliphatic hydroxyl groups excluding tert-OH is 1. The van der Waals surface area contributed by atoms with Gasteiger partial charge >= 0.3 is 0 Å². The zero-order valence-electron chi connectivity index (χ0n) is 11.8. The van der Waals surface area contributed by atoms with Crippen molar-refractivity contribution in [1.29, 1.82) is 0 Å². The third kappa shape index (κ3) is 1.52. The van der Waals surface area contributed by atoms with Crippen LogP contribution in [0.2, 0.25) is 0 Å². The number of carbonyl (C=O) groups is 1. The van der Waals surface area contributed by atoms with E-state index >= 15 is 0 Å². The minimum absolute atomic E-state index is 0.0354. The van der Waals surface area contributed by atoms with Gasteiger partial charge in [0, 0.05) is 0 Å². The molecule has 0 heterocycles. The van der Waals surface area contributed by atoms with Crippen molar-refractivity contribution in [2.45, 2.75) is 38.5 Å². The molecule has 0 bridgehead atoms. The fraction of sp³-hybridized carbons (Fsp3) is 0.611. The van der Waals surface area contributed by atoms with Crippen molar-refractivity contribution < 1.29 is 9.90 Å². The number of ketones is 1. The fourth-order valence-corrected chi connectivity index (χ4v) is 5.05. The van der Waals surface area contributed by atoms with Gasteiger partial charge in [-0.3, -0.25) is 4.79 Å². The summed E-state index contributed by atoms with van der Waals surface area (Å²) in [5, 5.41) is 9.83. The molecule has 0 aliphatic heterocycles. The van der Waals surface area contributed by atoms with E-state index in [0.717, 1.165) is 30.3 Å². The molecule has 0 aromatic heterocycles. The predicted octanol–water partition coefficient (Wildman–Crippen LogP) is 3.19. The quantitative estimate of drug-likeness (QED) is 0.794. The normalized spacial score (nSPS) is 42.5. The summed E-state index contributed by atoms with van der Waals surface area (Å²) in [5.41, 5.74) is 1.88. The van der Waals surface area contributed by atoms with Crippen molar-refractivity contribution in [2.24, 2.45) is 23.2 Å². The zero-order valence-corrected chi connectivity index (χ0v) is 11.8. The van der Waals surface area contributed by atoms with Crippen molar-refractivity contribution >= 4 is 5.78 Å². The summed E-state index contributed by atoms with van der Waals surface area (Å²) in [6.07, 6.45) is 15.6. The van der Waals surface area contributed by atoms with Gasteiger partial charge in [0.15, 0.2) is 5.78 Å². The van der Waals surface area contributed by atoms with Gasteiger partial charge in [-0.2, -0.15) is 0 Å². The van der Waals surface area contributed by atoms with Crippen molar-refractivity contribution in [3.05, 3.63) is 35.5 Å². The van der Waals surface area contributed by atoms with Gasteiger partial charge < -0.3 is 5.11 Å². The standard InChI is InChI=1S/C18H22O2/c19-11-18-10-9-14-13-4-2-1-3-12(13)5-6-15(14)16(18)7-8-17(18)20/h5-8,12-14,19H,1-4,9-11H2/t12?,13-,14+,18+/m0/s1. The number of allylic oxidation sites excluding steroid dienone is 5. The van der Waals surface area contributed by atoms with E-state index in [1.54, 1.807) is 6.08 Å². The van der Waals surface area contributed by atoms with Gasteiger partial charge in [0.1, 0.15) is 0 Å². The first kappa shape index (κ1) is 12.6. The van der Waals surface area contributed by atoms with E-state index in [-0.39, 0.29) is 12.4 Å². The Morgan fingerprint density at radius 3 is 2.85 bits per heavy atom. The summed E-state index contributed by atoms with van der Waals surface area (Å²) in [7, 11) is 0. The Labute approximate surface area is 120 Å². The van der Waals surface area contributed by atoms with E-state index in [1.165, 1.54) is 31.3 Å². The summed E-state index contributed by atoms with van der Waals surface area (Å²) in [6.45, 7) is -0.0354. The van der Waals surface area contributed by atoms with Crippen LogP contribution in [-0.4, -0.2) is 17.5 Å². The van der Waals surface area contributed by atoms with Crippen molar-refractivity contribution in [3.8, 4) is 0 Å². The lowest BCUT2D eigenvalue weighted by molar-refractivity contribution is -0.123. The lowest BCUT2D eigenvalue weighted by Gasteiger charge is -2.45. The Hall–Kier alpha value is -1.15. The molecule has 1 fully saturated rings. The first-order valence-electron chi connectivity index (χ1n) is 8.02. The minimum atomic E-state index is -0.600. The molecule has 0 aromatic rings. The Morgan fingerprint density at radius 1 is 1.15 bits per heavy atom. The van der Waals surface area contributed by atoms with E-state index in [1.807, 2.05) is 6.08 Å². The third-order valence-corrected chi connectivity index (χ3v) is 6.17. The Bertz CT molecular complexity index is 540. The van der Waals surface area contributed by atoms with E-state index in [0.29, 0.717) is 5.92 Å². The van der Waals surface area contributed by atoms with Gasteiger partial charge in [-0.15, -0.1) is 0 Å². The molecule has 1 N–H and O–H groups in total. The van der Waals surface area contributed by atoms with Crippen LogP contribution in [0.4, 0.5) is 0 Å². The fourth-order valence-electron chi connectivity index (χ4n) is 5.05. The van der Waals surface area contributed by atoms with Gasteiger partial charge in [0.25, 0.3) is 0 Å². The molecular weight excluding hydrogens is 248 g/mol. The van der Waals surface area contributed by atoms with Crippen molar-refractivity contribution in [1.82, 2.24) is 0 Å². The van der Waals surface area contributed by atoms with Crippen molar-refractivity contribution in [3.63, 3.8) is 0 Å². The predicted molar refractivity (Wildman–Crippen MR) is 78.0 cm³/mol. The summed E-state index contributed by atoms with van der Waals surface area (Å²) >= 11 is 0. The smallest absolute Gasteiger partial charge is 0.168 e. The number of carbonyl (C=O) groups excluding carboxylic acids is 1. The molecule has 4 rings (SSSR count). The molecule has 20 heavy (non-hydrogen) atoms. The van der Waals surface area contributed by atoms with Crippen LogP contribution in [0, 0.1) is 23.2 Å². The summed E-state index contributed by atoms with van der Waals surface area (Å²) in [5.74, 6) is 2.26. The van der Waals surface area contributed by atoms with Crippen molar-refractivity contribution in [2.75, 3.05) is 6.61 Å². The molecule has 4 aliphatic carbocycles. The third-order valence-electron chi connectivity index (χ3n) is 6.17. The lowest BCUT2D eigenvalue weighted by atomic mass is 9.58. The van der Waals surface area contributed by atoms with E-state index in [9.17, 15) is 9.90 Å². The highest BCUT2D eigenvalue weighted by molar-refractivity contribution is 6.02. The number of aliphatic hydroxyl groups is 1. The first-order chi connectivity index (χ1) is 9.76. The van der Waals surface area contributed by atoms with Crippen LogP contribution in [0.1, 0.15) is 38.5 Å². The highest BCUT2D eigenvalue weighted by Gasteiger charge is 2.49. The molecule has 0 amide bonds.